The lowest BCUT2D eigenvalue weighted by Crippen LogP contribution is -2.23. The maximum atomic E-state index is 13.0. The van der Waals surface area contributed by atoms with E-state index in [-0.39, 0.29) is 17.2 Å². The molecule has 1 aliphatic carbocycles. The predicted octanol–water partition coefficient (Wildman–Crippen LogP) is 3.47. The average Bonchev–Trinajstić information content (AvgIpc) is 3.25. The predicted molar refractivity (Wildman–Crippen MR) is 126 cm³/mol. The summed E-state index contributed by atoms with van der Waals surface area (Å²) < 4.78 is 5.29. The number of para-hydroxylation sites is 1. The van der Waals surface area contributed by atoms with Crippen LogP contribution in [0, 0.1) is 12.8 Å². The van der Waals surface area contributed by atoms with Crippen molar-refractivity contribution in [3.8, 4) is 5.69 Å². The minimum Gasteiger partial charge on any atom is -0.319 e. The SMILES string of the molecule is Cc1c(NC(=O)CSc2nnc(CC3CCCCC3)n2C)c(=O)n(-c2ccccc2)n1C. The third-order valence-electron chi connectivity index (χ3n) is 6.27. The fourth-order valence-electron chi connectivity index (χ4n) is 4.32. The quantitative estimate of drug-likeness (QED) is 0.553. The van der Waals surface area contributed by atoms with Crippen LogP contribution in [0.4, 0.5) is 5.69 Å². The van der Waals surface area contributed by atoms with Crippen molar-refractivity contribution in [1.29, 1.82) is 0 Å². The molecule has 2 aromatic heterocycles. The van der Waals surface area contributed by atoms with Gasteiger partial charge in [0.2, 0.25) is 5.91 Å². The van der Waals surface area contributed by atoms with Crippen molar-refractivity contribution in [2.24, 2.45) is 20.0 Å². The van der Waals surface area contributed by atoms with E-state index in [1.54, 1.807) is 9.36 Å². The van der Waals surface area contributed by atoms with E-state index >= 15 is 0 Å². The van der Waals surface area contributed by atoms with E-state index in [9.17, 15) is 9.59 Å². The van der Waals surface area contributed by atoms with Gasteiger partial charge in [-0.15, -0.1) is 10.2 Å². The number of rotatable bonds is 7. The van der Waals surface area contributed by atoms with Gasteiger partial charge in [-0.1, -0.05) is 62.1 Å². The normalized spacial score (nSPS) is 14.6. The van der Waals surface area contributed by atoms with Crippen molar-refractivity contribution in [2.45, 2.75) is 50.6 Å². The Morgan fingerprint density at radius 3 is 2.56 bits per heavy atom. The molecular formula is C23H30N6O2S. The van der Waals surface area contributed by atoms with Gasteiger partial charge in [0.1, 0.15) is 11.5 Å². The van der Waals surface area contributed by atoms with Gasteiger partial charge in [0.05, 0.1) is 17.1 Å². The Kier molecular flexibility index (Phi) is 6.83. The van der Waals surface area contributed by atoms with Gasteiger partial charge in [-0.05, 0) is 25.0 Å². The van der Waals surface area contributed by atoms with Crippen molar-refractivity contribution in [1.82, 2.24) is 24.1 Å². The molecule has 170 valence electrons. The summed E-state index contributed by atoms with van der Waals surface area (Å²) in [7, 11) is 3.76. The van der Waals surface area contributed by atoms with Gasteiger partial charge < -0.3 is 9.88 Å². The van der Waals surface area contributed by atoms with E-state index in [0.717, 1.165) is 23.1 Å². The fourth-order valence-corrected chi connectivity index (χ4v) is 5.05. The molecule has 0 atom stereocenters. The van der Waals surface area contributed by atoms with Crippen LogP contribution < -0.4 is 10.9 Å². The molecule has 1 aliphatic rings. The van der Waals surface area contributed by atoms with Crippen molar-refractivity contribution in [3.63, 3.8) is 0 Å². The van der Waals surface area contributed by atoms with E-state index in [2.05, 4.69) is 15.5 Å². The van der Waals surface area contributed by atoms with Gasteiger partial charge in [0.15, 0.2) is 5.16 Å². The Labute approximate surface area is 192 Å². The number of thioether (sulfide) groups is 1. The number of benzene rings is 1. The monoisotopic (exact) mass is 454 g/mol. The van der Waals surface area contributed by atoms with Crippen LogP contribution in [0.15, 0.2) is 40.3 Å². The van der Waals surface area contributed by atoms with E-state index in [1.807, 2.05) is 55.9 Å². The number of anilines is 1. The summed E-state index contributed by atoms with van der Waals surface area (Å²) in [5.41, 5.74) is 1.51. The summed E-state index contributed by atoms with van der Waals surface area (Å²) >= 11 is 1.34. The fraction of sp³-hybridized carbons (Fsp3) is 0.478. The number of nitrogens with one attached hydrogen (secondary N) is 1. The van der Waals surface area contributed by atoms with Crippen LogP contribution in [0.3, 0.4) is 0 Å². The molecule has 9 heteroatoms. The summed E-state index contributed by atoms with van der Waals surface area (Å²) in [5, 5.41) is 12.2. The smallest absolute Gasteiger partial charge is 0.295 e. The second kappa shape index (κ2) is 9.77. The lowest BCUT2D eigenvalue weighted by Gasteiger charge is -2.20. The molecule has 0 aliphatic heterocycles. The zero-order valence-corrected chi connectivity index (χ0v) is 19.7. The highest BCUT2D eigenvalue weighted by atomic mass is 32.2. The lowest BCUT2D eigenvalue weighted by molar-refractivity contribution is -0.113. The molecule has 0 radical (unpaired) electrons. The van der Waals surface area contributed by atoms with Gasteiger partial charge >= 0.3 is 0 Å². The first-order chi connectivity index (χ1) is 15.5. The summed E-state index contributed by atoms with van der Waals surface area (Å²) in [4.78, 5) is 25.6. The number of carbonyl (C=O) groups excluding carboxylic acids is 1. The number of hydrogen-bond acceptors (Lipinski definition) is 5. The van der Waals surface area contributed by atoms with Gasteiger partial charge in [0.25, 0.3) is 5.56 Å². The molecule has 1 saturated carbocycles. The van der Waals surface area contributed by atoms with Crippen LogP contribution in [-0.4, -0.2) is 35.8 Å². The number of amides is 1. The summed E-state index contributed by atoms with van der Waals surface area (Å²) in [6, 6.07) is 9.38. The minimum absolute atomic E-state index is 0.161. The largest absolute Gasteiger partial charge is 0.319 e. The highest BCUT2D eigenvalue weighted by molar-refractivity contribution is 7.99. The topological polar surface area (TPSA) is 86.7 Å². The van der Waals surface area contributed by atoms with E-state index in [4.69, 9.17) is 0 Å². The Morgan fingerprint density at radius 2 is 1.84 bits per heavy atom. The van der Waals surface area contributed by atoms with Crippen molar-refractivity contribution < 1.29 is 4.79 Å². The minimum atomic E-state index is -0.247. The lowest BCUT2D eigenvalue weighted by atomic mass is 9.87. The molecule has 8 nitrogen and oxygen atoms in total. The molecular weight excluding hydrogens is 424 g/mol. The van der Waals surface area contributed by atoms with Gasteiger partial charge in [-0.25, -0.2) is 4.68 Å². The molecule has 1 N–H and O–H groups in total. The Morgan fingerprint density at radius 1 is 1.12 bits per heavy atom. The van der Waals surface area contributed by atoms with Crippen LogP contribution in [0.5, 0.6) is 0 Å². The third-order valence-corrected chi connectivity index (χ3v) is 7.29. The molecule has 0 saturated heterocycles. The second-order valence-electron chi connectivity index (χ2n) is 8.44. The van der Waals surface area contributed by atoms with Crippen LogP contribution in [0.2, 0.25) is 0 Å². The standard InChI is InChI=1S/C23H30N6O2S/c1-16-21(22(31)29(28(16)3)18-12-8-5-9-13-18)24-20(30)15-32-23-26-25-19(27(23)2)14-17-10-6-4-7-11-17/h5,8-9,12-13,17H,4,6-7,10-11,14-15H2,1-3H3,(H,24,30). The van der Waals surface area contributed by atoms with Crippen molar-refractivity contribution in [2.75, 3.05) is 11.1 Å². The zero-order chi connectivity index (χ0) is 22.7. The van der Waals surface area contributed by atoms with Crippen molar-refractivity contribution in [3.05, 3.63) is 52.2 Å². The average molecular weight is 455 g/mol. The summed E-state index contributed by atoms with van der Waals surface area (Å²) in [6.45, 7) is 1.82. The Bertz CT molecular complexity index is 1140. The molecule has 0 unspecified atom stereocenters. The van der Waals surface area contributed by atoms with E-state index < -0.39 is 0 Å². The highest BCUT2D eigenvalue weighted by Crippen LogP contribution is 2.27. The molecule has 0 bridgehead atoms. The number of nitrogens with zero attached hydrogens (tertiary/aromatic N) is 5. The molecule has 3 aromatic rings. The zero-order valence-electron chi connectivity index (χ0n) is 18.9. The third kappa shape index (κ3) is 4.67. The highest BCUT2D eigenvalue weighted by Gasteiger charge is 2.20. The number of carbonyl (C=O) groups is 1. The van der Waals surface area contributed by atoms with E-state index in [1.165, 1.54) is 43.9 Å². The van der Waals surface area contributed by atoms with E-state index in [0.29, 0.717) is 17.3 Å². The molecule has 32 heavy (non-hydrogen) atoms. The molecule has 1 amide bonds. The molecule has 1 aromatic carbocycles. The maximum Gasteiger partial charge on any atom is 0.295 e. The van der Waals surface area contributed by atoms with Crippen LogP contribution in [-0.2, 0) is 25.3 Å². The molecule has 0 spiro atoms. The second-order valence-corrected chi connectivity index (χ2v) is 9.38. The Balaban J connectivity index is 1.40. The first-order valence-electron chi connectivity index (χ1n) is 11.1. The van der Waals surface area contributed by atoms with Crippen molar-refractivity contribution >= 4 is 23.4 Å². The first-order valence-corrected chi connectivity index (χ1v) is 12.1. The van der Waals surface area contributed by atoms with Crippen LogP contribution >= 0.6 is 11.8 Å². The van der Waals surface area contributed by atoms with Gasteiger partial charge in [-0.2, -0.15) is 0 Å². The summed E-state index contributed by atoms with van der Waals surface area (Å²) in [5.74, 6) is 1.58. The van der Waals surface area contributed by atoms with Gasteiger partial charge in [-0.3, -0.25) is 14.3 Å². The van der Waals surface area contributed by atoms with Crippen LogP contribution in [0.1, 0.15) is 43.6 Å². The number of hydrogen-bond donors (Lipinski definition) is 1. The first kappa shape index (κ1) is 22.4. The van der Waals surface area contributed by atoms with Crippen LogP contribution in [0.25, 0.3) is 5.69 Å². The maximum absolute atomic E-state index is 13.0. The molecule has 1 fully saturated rings. The summed E-state index contributed by atoms with van der Waals surface area (Å²) in [6.07, 6.45) is 7.40. The molecule has 2 heterocycles. The Hall–Kier alpha value is -2.81. The van der Waals surface area contributed by atoms with Gasteiger partial charge in [0, 0.05) is 20.5 Å². The number of aromatic nitrogens is 5. The molecule has 4 rings (SSSR count).